The fraction of sp³-hybridized carbons (Fsp3) is 1.00. The molecule has 0 bridgehead atoms. The lowest BCUT2D eigenvalue weighted by Gasteiger charge is -2.46. The van der Waals surface area contributed by atoms with Crippen molar-refractivity contribution in [3.8, 4) is 0 Å². The molecule has 102 valence electrons. The molecule has 17 heavy (non-hydrogen) atoms. The minimum Gasteiger partial charge on any atom is -0.396 e. The van der Waals surface area contributed by atoms with Crippen molar-refractivity contribution in [2.45, 2.75) is 45.7 Å². The molecule has 0 aromatic rings. The van der Waals surface area contributed by atoms with Crippen LogP contribution in [-0.2, 0) is 0 Å². The lowest BCUT2D eigenvalue weighted by atomic mass is 9.79. The van der Waals surface area contributed by atoms with Gasteiger partial charge in [0.25, 0.3) is 0 Å². The van der Waals surface area contributed by atoms with Crippen LogP contribution >= 0.6 is 11.8 Å². The molecule has 1 heterocycles. The van der Waals surface area contributed by atoms with Crippen LogP contribution < -0.4 is 11.1 Å². The normalized spacial score (nSPS) is 32.1. The first-order valence-corrected chi connectivity index (χ1v) is 7.66. The predicted octanol–water partition coefficient (Wildman–Crippen LogP) is 1.45. The second-order valence-electron chi connectivity index (χ2n) is 6.41. The Hall–Kier alpha value is 0.230. The van der Waals surface area contributed by atoms with Gasteiger partial charge in [-0.1, -0.05) is 20.8 Å². The summed E-state index contributed by atoms with van der Waals surface area (Å²) in [6.45, 7) is 9.74. The molecule has 0 spiro atoms. The Morgan fingerprint density at radius 1 is 1.35 bits per heavy atom. The number of thioether (sulfide) groups is 1. The third kappa shape index (κ3) is 4.12. The third-order valence-corrected chi connectivity index (χ3v) is 5.50. The quantitative estimate of drug-likeness (QED) is 0.700. The summed E-state index contributed by atoms with van der Waals surface area (Å²) < 4.78 is 0. The molecule has 1 aliphatic rings. The molecule has 0 saturated carbocycles. The summed E-state index contributed by atoms with van der Waals surface area (Å²) in [5, 5.41) is 12.9. The molecule has 1 fully saturated rings. The lowest BCUT2D eigenvalue weighted by Crippen LogP contribution is -2.61. The highest BCUT2D eigenvalue weighted by Gasteiger charge is 2.40. The van der Waals surface area contributed by atoms with Crippen molar-refractivity contribution < 1.29 is 5.11 Å². The molecule has 3 unspecified atom stereocenters. The van der Waals surface area contributed by atoms with Crippen LogP contribution in [-0.4, -0.2) is 41.3 Å². The second kappa shape index (κ2) is 5.91. The first-order valence-electron chi connectivity index (χ1n) is 6.50. The minimum absolute atomic E-state index is 0.0370. The minimum atomic E-state index is 0.0370. The van der Waals surface area contributed by atoms with Crippen LogP contribution in [0.15, 0.2) is 0 Å². The molecule has 0 amide bonds. The summed E-state index contributed by atoms with van der Waals surface area (Å²) in [4.78, 5) is 0. The molecular formula is C13H28N2OS. The molecule has 3 nitrogen and oxygen atoms in total. The smallest absolute Gasteiger partial charge is 0.0471 e. The third-order valence-electron chi connectivity index (χ3n) is 3.75. The standard InChI is InChI=1S/C13H28N2OS/c1-10(5-16)11(2)15-13(7-14)6-12(3,4)8-17-9-13/h10-11,15-16H,5-9,14H2,1-4H3. The number of aliphatic hydroxyl groups is 1. The number of nitrogens with one attached hydrogen (secondary N) is 1. The number of hydrogen-bond donors (Lipinski definition) is 3. The molecule has 0 aliphatic carbocycles. The van der Waals surface area contributed by atoms with E-state index >= 15 is 0 Å². The zero-order valence-electron chi connectivity index (χ0n) is 11.6. The van der Waals surface area contributed by atoms with Crippen molar-refractivity contribution in [3.63, 3.8) is 0 Å². The molecule has 3 atom stereocenters. The highest BCUT2D eigenvalue weighted by Crippen LogP contribution is 2.39. The summed E-state index contributed by atoms with van der Waals surface area (Å²) in [6.07, 6.45) is 1.12. The van der Waals surface area contributed by atoms with Crippen molar-refractivity contribution in [1.82, 2.24) is 5.32 Å². The number of hydrogen-bond acceptors (Lipinski definition) is 4. The van der Waals surface area contributed by atoms with E-state index in [1.165, 1.54) is 5.75 Å². The fourth-order valence-electron chi connectivity index (χ4n) is 2.61. The summed E-state index contributed by atoms with van der Waals surface area (Å²) in [5.41, 5.74) is 6.39. The molecule has 1 rings (SSSR count). The topological polar surface area (TPSA) is 58.3 Å². The van der Waals surface area contributed by atoms with Crippen LogP contribution in [0.1, 0.15) is 34.1 Å². The van der Waals surface area contributed by atoms with Gasteiger partial charge in [-0.25, -0.2) is 0 Å². The van der Waals surface area contributed by atoms with Crippen LogP contribution in [0.2, 0.25) is 0 Å². The summed E-state index contributed by atoms with van der Waals surface area (Å²) in [7, 11) is 0. The van der Waals surface area contributed by atoms with Crippen LogP contribution in [0.25, 0.3) is 0 Å². The van der Waals surface area contributed by atoms with E-state index in [0.29, 0.717) is 18.0 Å². The maximum absolute atomic E-state index is 9.22. The van der Waals surface area contributed by atoms with Gasteiger partial charge in [0.1, 0.15) is 0 Å². The number of nitrogens with two attached hydrogens (primary N) is 1. The zero-order valence-corrected chi connectivity index (χ0v) is 12.4. The van der Waals surface area contributed by atoms with Crippen LogP contribution in [0.3, 0.4) is 0 Å². The van der Waals surface area contributed by atoms with Gasteiger partial charge in [0.2, 0.25) is 0 Å². The Balaban J connectivity index is 2.68. The van der Waals surface area contributed by atoms with Gasteiger partial charge in [0.15, 0.2) is 0 Å². The fourth-order valence-corrected chi connectivity index (χ4v) is 4.06. The van der Waals surface area contributed by atoms with E-state index < -0.39 is 0 Å². The second-order valence-corrected chi connectivity index (χ2v) is 7.40. The maximum Gasteiger partial charge on any atom is 0.0471 e. The van der Waals surface area contributed by atoms with Gasteiger partial charge in [-0.3, -0.25) is 0 Å². The average Bonchev–Trinajstić information content (AvgIpc) is 2.26. The van der Waals surface area contributed by atoms with Gasteiger partial charge in [-0.15, -0.1) is 0 Å². The van der Waals surface area contributed by atoms with Crippen LogP contribution in [0, 0.1) is 11.3 Å². The van der Waals surface area contributed by atoms with Crippen molar-refractivity contribution >= 4 is 11.8 Å². The zero-order chi connectivity index (χ0) is 13.1. The lowest BCUT2D eigenvalue weighted by molar-refractivity contribution is 0.160. The first-order chi connectivity index (χ1) is 7.84. The Bertz CT molecular complexity index is 248. The molecule has 0 aromatic carbocycles. The summed E-state index contributed by atoms with van der Waals surface area (Å²) in [6, 6.07) is 0.304. The Kier molecular flexibility index (Phi) is 5.32. The number of aliphatic hydroxyl groups excluding tert-OH is 1. The van der Waals surface area contributed by atoms with Crippen LogP contribution in [0.5, 0.6) is 0 Å². The molecule has 1 aliphatic heterocycles. The predicted molar refractivity (Wildman–Crippen MR) is 76.4 cm³/mol. The Labute approximate surface area is 110 Å². The van der Waals surface area contributed by atoms with E-state index in [2.05, 4.69) is 33.0 Å². The van der Waals surface area contributed by atoms with Gasteiger partial charge in [-0.05, 0) is 30.4 Å². The molecule has 0 aromatic heterocycles. The van der Waals surface area contributed by atoms with Gasteiger partial charge in [0.05, 0.1) is 0 Å². The van der Waals surface area contributed by atoms with E-state index in [9.17, 15) is 5.11 Å². The molecule has 0 radical (unpaired) electrons. The van der Waals surface area contributed by atoms with Gasteiger partial charge < -0.3 is 16.2 Å². The Morgan fingerprint density at radius 3 is 2.47 bits per heavy atom. The van der Waals surface area contributed by atoms with E-state index in [0.717, 1.165) is 12.2 Å². The van der Waals surface area contributed by atoms with Gasteiger partial charge >= 0.3 is 0 Å². The summed E-state index contributed by atoms with van der Waals surface area (Å²) in [5.74, 6) is 2.56. The average molecular weight is 260 g/mol. The van der Waals surface area contributed by atoms with Crippen molar-refractivity contribution in [2.24, 2.45) is 17.1 Å². The van der Waals surface area contributed by atoms with Crippen molar-refractivity contribution in [2.75, 3.05) is 24.7 Å². The van der Waals surface area contributed by atoms with Crippen LogP contribution in [0.4, 0.5) is 0 Å². The maximum atomic E-state index is 9.22. The van der Waals surface area contributed by atoms with E-state index in [1.807, 2.05) is 11.8 Å². The van der Waals surface area contributed by atoms with E-state index in [-0.39, 0.29) is 18.1 Å². The SMILES string of the molecule is CC(CO)C(C)NC1(CN)CSCC(C)(C)C1. The monoisotopic (exact) mass is 260 g/mol. The Morgan fingerprint density at radius 2 is 2.00 bits per heavy atom. The van der Waals surface area contributed by atoms with Crippen molar-refractivity contribution in [1.29, 1.82) is 0 Å². The van der Waals surface area contributed by atoms with E-state index in [4.69, 9.17) is 5.73 Å². The largest absolute Gasteiger partial charge is 0.396 e. The summed E-state index contributed by atoms with van der Waals surface area (Å²) >= 11 is 1.99. The van der Waals surface area contributed by atoms with Gasteiger partial charge in [-0.2, -0.15) is 11.8 Å². The highest BCUT2D eigenvalue weighted by molar-refractivity contribution is 7.99. The molecule has 4 heteroatoms. The highest BCUT2D eigenvalue weighted by atomic mass is 32.2. The first kappa shape index (κ1) is 15.3. The van der Waals surface area contributed by atoms with Gasteiger partial charge in [0, 0.05) is 30.5 Å². The van der Waals surface area contributed by atoms with Crippen molar-refractivity contribution in [3.05, 3.63) is 0 Å². The molecule has 1 saturated heterocycles. The van der Waals surface area contributed by atoms with E-state index in [1.54, 1.807) is 0 Å². The molecular weight excluding hydrogens is 232 g/mol. The number of rotatable bonds is 5. The molecule has 4 N–H and O–H groups in total.